The second-order valence-electron chi connectivity index (χ2n) is 3.20. The number of thioether (sulfide) groups is 1. The van der Waals surface area contributed by atoms with Gasteiger partial charge in [0.2, 0.25) is 0 Å². The molecule has 0 N–H and O–H groups in total. The third-order valence-corrected chi connectivity index (χ3v) is 2.56. The fourth-order valence-corrected chi connectivity index (χ4v) is 1.73. The van der Waals surface area contributed by atoms with Crippen LogP contribution in [0.25, 0.3) is 0 Å². The Morgan fingerprint density at radius 3 is 2.87 bits per heavy atom. The minimum Gasteiger partial charge on any atom is -0.265 e. The van der Waals surface area contributed by atoms with Crippen LogP contribution in [0.4, 0.5) is 0 Å². The molecule has 2 rings (SSSR count). The summed E-state index contributed by atoms with van der Waals surface area (Å²) in [5.41, 5.74) is 2.21. The Morgan fingerprint density at radius 1 is 1.33 bits per heavy atom. The van der Waals surface area contributed by atoms with Gasteiger partial charge in [0.15, 0.2) is 0 Å². The summed E-state index contributed by atoms with van der Waals surface area (Å²) in [7, 11) is 0. The molecule has 15 heavy (non-hydrogen) atoms. The number of aromatic nitrogens is 4. The smallest absolute Gasteiger partial charge is 0.0925 e. The summed E-state index contributed by atoms with van der Waals surface area (Å²) in [5.74, 6) is 0.913. The van der Waals surface area contributed by atoms with Gasteiger partial charge in [0.1, 0.15) is 0 Å². The third kappa shape index (κ3) is 2.79. The molecule has 0 amide bonds. The van der Waals surface area contributed by atoms with Crippen molar-refractivity contribution in [1.29, 1.82) is 0 Å². The van der Waals surface area contributed by atoms with Gasteiger partial charge in [-0.05, 0) is 24.0 Å². The minimum absolute atomic E-state index is 0.754. The van der Waals surface area contributed by atoms with Gasteiger partial charge in [0, 0.05) is 24.3 Å². The Balaban J connectivity index is 2.05. The molecule has 0 saturated carbocycles. The molecule has 78 valence electrons. The topological polar surface area (TPSA) is 43.6 Å². The van der Waals surface area contributed by atoms with E-state index in [0.29, 0.717) is 0 Å². The van der Waals surface area contributed by atoms with Gasteiger partial charge in [0.25, 0.3) is 0 Å². The molecule has 0 atom stereocenters. The normalized spacial score (nSPS) is 10.5. The average Bonchev–Trinajstić information content (AvgIpc) is 2.68. The van der Waals surface area contributed by atoms with Gasteiger partial charge in [0.05, 0.1) is 12.2 Å². The number of hydrogen-bond acceptors (Lipinski definition) is 4. The second-order valence-corrected chi connectivity index (χ2v) is 4.06. The molecule has 4 nitrogen and oxygen atoms in total. The van der Waals surface area contributed by atoms with Gasteiger partial charge >= 0.3 is 0 Å². The van der Waals surface area contributed by atoms with Crippen molar-refractivity contribution < 1.29 is 0 Å². The summed E-state index contributed by atoms with van der Waals surface area (Å²) in [4.78, 5) is 3.97. The first kappa shape index (κ1) is 10.2. The highest BCUT2D eigenvalue weighted by molar-refractivity contribution is 7.97. The van der Waals surface area contributed by atoms with Crippen LogP contribution in [0.5, 0.6) is 0 Å². The summed E-state index contributed by atoms with van der Waals surface area (Å²) in [6.45, 7) is 0.754. The predicted octanol–water partition coefficient (Wildman–Crippen LogP) is 1.58. The number of pyridine rings is 1. The first-order valence-corrected chi connectivity index (χ1v) is 6.05. The molecule has 0 fully saturated rings. The molecule has 0 aliphatic carbocycles. The van der Waals surface area contributed by atoms with E-state index in [4.69, 9.17) is 0 Å². The number of hydrogen-bond donors (Lipinski definition) is 0. The zero-order valence-corrected chi connectivity index (χ0v) is 9.31. The van der Waals surface area contributed by atoms with Gasteiger partial charge in [-0.2, -0.15) is 11.8 Å². The largest absolute Gasteiger partial charge is 0.265 e. The van der Waals surface area contributed by atoms with Gasteiger partial charge in [-0.1, -0.05) is 5.21 Å². The zero-order chi connectivity index (χ0) is 10.5. The molecular weight excluding hydrogens is 208 g/mol. The van der Waals surface area contributed by atoms with Crippen LogP contribution in [-0.4, -0.2) is 26.2 Å². The van der Waals surface area contributed by atoms with Crippen LogP contribution in [0.3, 0.4) is 0 Å². The zero-order valence-electron chi connectivity index (χ0n) is 8.50. The highest BCUT2D eigenvalue weighted by atomic mass is 32.2. The maximum atomic E-state index is 4.08. The van der Waals surface area contributed by atoms with Crippen molar-refractivity contribution in [2.24, 2.45) is 0 Å². The van der Waals surface area contributed by atoms with E-state index in [-0.39, 0.29) is 0 Å². The lowest BCUT2D eigenvalue weighted by molar-refractivity contribution is 0.649. The summed E-state index contributed by atoms with van der Waals surface area (Å²) in [6, 6.07) is 3.96. The molecule has 0 unspecified atom stereocenters. The van der Waals surface area contributed by atoms with Crippen molar-refractivity contribution in [3.8, 4) is 0 Å². The van der Waals surface area contributed by atoms with Crippen molar-refractivity contribution in [2.45, 2.75) is 12.3 Å². The van der Waals surface area contributed by atoms with Crippen molar-refractivity contribution in [3.05, 3.63) is 42.0 Å². The fourth-order valence-electron chi connectivity index (χ4n) is 1.31. The van der Waals surface area contributed by atoms with E-state index in [1.807, 2.05) is 23.0 Å². The molecule has 0 aliphatic rings. The van der Waals surface area contributed by atoms with Gasteiger partial charge < -0.3 is 0 Å². The Labute approximate surface area is 92.7 Å². The summed E-state index contributed by atoms with van der Waals surface area (Å²) in [6.07, 6.45) is 7.61. The summed E-state index contributed by atoms with van der Waals surface area (Å²) < 4.78 is 1.85. The Morgan fingerprint density at radius 2 is 2.13 bits per heavy atom. The summed E-state index contributed by atoms with van der Waals surface area (Å²) in [5, 5.41) is 8.14. The van der Waals surface area contributed by atoms with Crippen LogP contribution in [0.2, 0.25) is 0 Å². The number of nitrogens with zero attached hydrogens (tertiary/aromatic N) is 4. The molecule has 2 aromatic rings. The van der Waals surface area contributed by atoms with Crippen LogP contribution in [0, 0.1) is 0 Å². The molecule has 0 spiro atoms. The SMILES string of the molecule is CSCc1cn(Cc2ccncc2)nn1. The van der Waals surface area contributed by atoms with Crippen molar-refractivity contribution in [3.63, 3.8) is 0 Å². The Hall–Kier alpha value is -1.36. The number of rotatable bonds is 4. The maximum Gasteiger partial charge on any atom is 0.0925 e. The van der Waals surface area contributed by atoms with Crippen LogP contribution >= 0.6 is 11.8 Å². The minimum atomic E-state index is 0.754. The lowest BCUT2D eigenvalue weighted by Gasteiger charge is -1.98. The lowest BCUT2D eigenvalue weighted by Crippen LogP contribution is -2.00. The van der Waals surface area contributed by atoms with E-state index in [1.165, 1.54) is 5.56 Å². The first-order valence-electron chi connectivity index (χ1n) is 4.65. The van der Waals surface area contributed by atoms with Crippen LogP contribution in [0.1, 0.15) is 11.3 Å². The quantitative estimate of drug-likeness (QED) is 0.784. The Kier molecular flexibility index (Phi) is 3.34. The Bertz CT molecular complexity index is 412. The molecule has 0 bridgehead atoms. The van der Waals surface area contributed by atoms with Crippen molar-refractivity contribution in [2.75, 3.05) is 6.26 Å². The van der Waals surface area contributed by atoms with Crippen LogP contribution in [0.15, 0.2) is 30.7 Å². The highest BCUT2D eigenvalue weighted by Gasteiger charge is 2.00. The monoisotopic (exact) mass is 220 g/mol. The molecule has 2 heterocycles. The fraction of sp³-hybridized carbons (Fsp3) is 0.300. The predicted molar refractivity (Wildman–Crippen MR) is 60.6 cm³/mol. The second kappa shape index (κ2) is 4.93. The van der Waals surface area contributed by atoms with E-state index in [2.05, 4.69) is 21.6 Å². The maximum absolute atomic E-state index is 4.08. The van der Waals surface area contributed by atoms with Crippen LogP contribution < -0.4 is 0 Å². The third-order valence-electron chi connectivity index (χ3n) is 1.97. The van der Waals surface area contributed by atoms with E-state index >= 15 is 0 Å². The molecule has 0 radical (unpaired) electrons. The van der Waals surface area contributed by atoms with Crippen molar-refractivity contribution >= 4 is 11.8 Å². The molecule has 0 aromatic carbocycles. The average molecular weight is 220 g/mol. The van der Waals surface area contributed by atoms with E-state index in [1.54, 1.807) is 24.2 Å². The van der Waals surface area contributed by atoms with E-state index in [9.17, 15) is 0 Å². The standard InChI is InChI=1S/C10H12N4S/c1-15-8-10-7-14(13-12-10)6-9-2-4-11-5-3-9/h2-5,7H,6,8H2,1H3. The highest BCUT2D eigenvalue weighted by Crippen LogP contribution is 2.06. The molecule has 0 saturated heterocycles. The lowest BCUT2D eigenvalue weighted by atomic mass is 10.3. The van der Waals surface area contributed by atoms with Gasteiger partial charge in [-0.3, -0.25) is 4.98 Å². The molecular formula is C10H12N4S. The molecule has 5 heteroatoms. The first-order chi connectivity index (χ1) is 7.38. The van der Waals surface area contributed by atoms with E-state index in [0.717, 1.165) is 18.0 Å². The summed E-state index contributed by atoms with van der Waals surface area (Å²) >= 11 is 1.75. The van der Waals surface area contributed by atoms with Crippen molar-refractivity contribution in [1.82, 2.24) is 20.0 Å². The van der Waals surface area contributed by atoms with E-state index < -0.39 is 0 Å². The van der Waals surface area contributed by atoms with Gasteiger partial charge in [-0.15, -0.1) is 5.10 Å². The van der Waals surface area contributed by atoms with Gasteiger partial charge in [-0.25, -0.2) is 4.68 Å². The molecule has 0 aliphatic heterocycles. The molecule has 2 aromatic heterocycles. The van der Waals surface area contributed by atoms with Crippen LogP contribution in [-0.2, 0) is 12.3 Å².